The quantitative estimate of drug-likeness (QED) is 0.349. The molecule has 5 nitrogen and oxygen atoms in total. The number of nitrogens with zero attached hydrogens (tertiary/aromatic N) is 1. The Kier molecular flexibility index (Phi) is 4.39. The van der Waals surface area contributed by atoms with Gasteiger partial charge < -0.3 is 10.3 Å². The smallest absolute Gasteiger partial charge is 0.361 e. The molecular formula is C12H13NO4. The molecule has 0 atom stereocenters. The van der Waals surface area contributed by atoms with Crippen molar-refractivity contribution in [2.45, 2.75) is 19.8 Å². The first-order chi connectivity index (χ1) is 8.04. The molecule has 0 radical (unpaired) electrons. The van der Waals surface area contributed by atoms with Gasteiger partial charge in [-0.3, -0.25) is 4.79 Å². The Hall–Kier alpha value is -2.17. The zero-order valence-electron chi connectivity index (χ0n) is 9.38. The summed E-state index contributed by atoms with van der Waals surface area (Å²) in [5.74, 6) is -2.19. The molecular weight excluding hydrogens is 222 g/mol. The lowest BCUT2D eigenvalue weighted by Crippen LogP contribution is -2.24. The summed E-state index contributed by atoms with van der Waals surface area (Å²) in [6.07, 6.45) is 0.432. The highest BCUT2D eigenvalue weighted by Crippen LogP contribution is 2.07. The molecule has 0 spiro atoms. The second-order valence-electron chi connectivity index (χ2n) is 3.67. The van der Waals surface area contributed by atoms with Crippen molar-refractivity contribution in [2.24, 2.45) is 5.16 Å². The van der Waals surface area contributed by atoms with Crippen LogP contribution >= 0.6 is 0 Å². The second kappa shape index (κ2) is 5.79. The fourth-order valence-electron chi connectivity index (χ4n) is 1.46. The minimum absolute atomic E-state index is 0.00907. The molecule has 0 bridgehead atoms. The third-order valence-electron chi connectivity index (χ3n) is 2.29. The van der Waals surface area contributed by atoms with Crippen LogP contribution in [-0.4, -0.2) is 27.8 Å². The van der Waals surface area contributed by atoms with Gasteiger partial charge in [-0.2, -0.15) is 0 Å². The molecule has 0 aliphatic carbocycles. The van der Waals surface area contributed by atoms with E-state index in [1.165, 1.54) is 0 Å². The summed E-state index contributed by atoms with van der Waals surface area (Å²) in [5.41, 5.74) is 1.20. The van der Waals surface area contributed by atoms with E-state index < -0.39 is 17.5 Å². The number of ketones is 1. The van der Waals surface area contributed by atoms with E-state index in [0.29, 0.717) is 6.42 Å². The van der Waals surface area contributed by atoms with Crippen LogP contribution < -0.4 is 0 Å². The van der Waals surface area contributed by atoms with Crippen molar-refractivity contribution in [1.29, 1.82) is 0 Å². The topological polar surface area (TPSA) is 87.0 Å². The number of carbonyl (C=O) groups is 2. The number of hydrogen-bond acceptors (Lipinski definition) is 4. The lowest BCUT2D eigenvalue weighted by Gasteiger charge is -2.01. The Labute approximate surface area is 98.4 Å². The molecule has 0 amide bonds. The molecule has 0 unspecified atom stereocenters. The molecule has 1 aromatic rings. The molecule has 90 valence electrons. The van der Waals surface area contributed by atoms with E-state index in [9.17, 15) is 9.59 Å². The Morgan fingerprint density at radius 1 is 1.35 bits per heavy atom. The van der Waals surface area contributed by atoms with Gasteiger partial charge in [0.2, 0.25) is 5.71 Å². The summed E-state index contributed by atoms with van der Waals surface area (Å²) in [6.45, 7) is 1.93. The van der Waals surface area contributed by atoms with Gasteiger partial charge in [-0.25, -0.2) is 4.79 Å². The number of oxime groups is 1. The van der Waals surface area contributed by atoms with Crippen molar-refractivity contribution in [3.63, 3.8) is 0 Å². The maximum Gasteiger partial charge on any atom is 0.361 e. The van der Waals surface area contributed by atoms with Gasteiger partial charge in [0.25, 0.3) is 0 Å². The Bertz CT molecular complexity index is 465. The van der Waals surface area contributed by atoms with E-state index in [4.69, 9.17) is 10.3 Å². The van der Waals surface area contributed by atoms with Crippen LogP contribution in [0.4, 0.5) is 0 Å². The zero-order valence-corrected chi connectivity index (χ0v) is 9.38. The summed E-state index contributed by atoms with van der Waals surface area (Å²) in [7, 11) is 0. The summed E-state index contributed by atoms with van der Waals surface area (Å²) in [4.78, 5) is 21.9. The van der Waals surface area contributed by atoms with E-state index in [0.717, 1.165) is 11.1 Å². The van der Waals surface area contributed by atoms with Crippen LogP contribution in [0.15, 0.2) is 29.4 Å². The first-order valence-corrected chi connectivity index (χ1v) is 5.08. The van der Waals surface area contributed by atoms with Crippen LogP contribution in [0.5, 0.6) is 0 Å². The van der Waals surface area contributed by atoms with Gasteiger partial charge >= 0.3 is 5.97 Å². The molecule has 0 aliphatic rings. The van der Waals surface area contributed by atoms with Gasteiger partial charge in [-0.1, -0.05) is 35.0 Å². The molecule has 0 saturated heterocycles. The van der Waals surface area contributed by atoms with Crippen molar-refractivity contribution < 1.29 is 19.9 Å². The lowest BCUT2D eigenvalue weighted by molar-refractivity contribution is -0.130. The third-order valence-corrected chi connectivity index (χ3v) is 2.29. The number of aryl methyl sites for hydroxylation is 2. The zero-order chi connectivity index (χ0) is 12.8. The molecule has 1 rings (SSSR count). The van der Waals surface area contributed by atoms with Crippen LogP contribution in [0.1, 0.15) is 17.5 Å². The summed E-state index contributed by atoms with van der Waals surface area (Å²) in [6, 6.07) is 7.58. The van der Waals surface area contributed by atoms with Crippen LogP contribution in [0, 0.1) is 6.92 Å². The third kappa shape index (κ3) is 3.71. The molecule has 1 aromatic carbocycles. The maximum atomic E-state index is 11.4. The van der Waals surface area contributed by atoms with Crippen molar-refractivity contribution in [1.82, 2.24) is 0 Å². The fraction of sp³-hybridized carbons (Fsp3) is 0.250. The highest BCUT2D eigenvalue weighted by atomic mass is 16.4. The van der Waals surface area contributed by atoms with Crippen LogP contribution in [0.2, 0.25) is 0 Å². The first kappa shape index (κ1) is 12.9. The number of hydrogen-bond donors (Lipinski definition) is 2. The molecule has 0 saturated carbocycles. The predicted molar refractivity (Wildman–Crippen MR) is 61.4 cm³/mol. The highest BCUT2D eigenvalue weighted by molar-refractivity contribution is 6.63. The number of Topliss-reactive ketones (excluding diaryl/α,β-unsaturated/α-hetero) is 1. The number of carboxylic acids is 1. The number of carboxylic acid groups (broad SMARTS) is 1. The average Bonchev–Trinajstić information content (AvgIpc) is 2.27. The van der Waals surface area contributed by atoms with Crippen LogP contribution in [-0.2, 0) is 16.0 Å². The van der Waals surface area contributed by atoms with Gasteiger partial charge in [-0.15, -0.1) is 0 Å². The van der Waals surface area contributed by atoms with E-state index in [-0.39, 0.29) is 6.42 Å². The lowest BCUT2D eigenvalue weighted by atomic mass is 10.0. The van der Waals surface area contributed by atoms with Gasteiger partial charge in [0.05, 0.1) is 0 Å². The number of carbonyl (C=O) groups excluding carboxylic acids is 1. The molecule has 0 aromatic heterocycles. The Morgan fingerprint density at radius 2 is 2.06 bits per heavy atom. The van der Waals surface area contributed by atoms with E-state index in [1.807, 2.05) is 31.2 Å². The summed E-state index contributed by atoms with van der Waals surface area (Å²) >= 11 is 0. The van der Waals surface area contributed by atoms with Gasteiger partial charge in [0.1, 0.15) is 0 Å². The molecule has 17 heavy (non-hydrogen) atoms. The summed E-state index contributed by atoms with van der Waals surface area (Å²) in [5, 5.41) is 19.5. The first-order valence-electron chi connectivity index (χ1n) is 5.08. The highest BCUT2D eigenvalue weighted by Gasteiger charge is 2.19. The largest absolute Gasteiger partial charge is 0.476 e. The summed E-state index contributed by atoms with van der Waals surface area (Å²) < 4.78 is 0. The van der Waals surface area contributed by atoms with Gasteiger partial charge in [0.15, 0.2) is 5.78 Å². The molecule has 0 aliphatic heterocycles. The number of benzene rings is 1. The molecule has 5 heteroatoms. The minimum Gasteiger partial charge on any atom is -0.476 e. The molecule has 2 N–H and O–H groups in total. The second-order valence-corrected chi connectivity index (χ2v) is 3.67. The SMILES string of the molecule is Cc1cccc(CCC(=O)C(=NO)C(=O)O)c1. The average molecular weight is 235 g/mol. The van der Waals surface area contributed by atoms with Gasteiger partial charge in [-0.05, 0) is 18.9 Å². The van der Waals surface area contributed by atoms with Gasteiger partial charge in [0, 0.05) is 6.42 Å². The maximum absolute atomic E-state index is 11.4. The van der Waals surface area contributed by atoms with Crippen LogP contribution in [0.25, 0.3) is 0 Å². The van der Waals surface area contributed by atoms with E-state index in [1.54, 1.807) is 0 Å². The van der Waals surface area contributed by atoms with Crippen molar-refractivity contribution in [2.75, 3.05) is 0 Å². The van der Waals surface area contributed by atoms with E-state index in [2.05, 4.69) is 5.16 Å². The minimum atomic E-state index is -1.51. The van der Waals surface area contributed by atoms with Crippen molar-refractivity contribution in [3.05, 3.63) is 35.4 Å². The molecule has 0 heterocycles. The van der Waals surface area contributed by atoms with Crippen molar-refractivity contribution >= 4 is 17.5 Å². The predicted octanol–water partition coefficient (Wildman–Crippen LogP) is 1.41. The Morgan fingerprint density at radius 3 is 2.59 bits per heavy atom. The number of aliphatic carboxylic acids is 1. The monoisotopic (exact) mass is 235 g/mol. The molecule has 0 fully saturated rings. The standard InChI is InChI=1S/C12H13NO4/c1-8-3-2-4-9(7-8)5-6-10(14)11(13-17)12(15)16/h2-4,7,17H,5-6H2,1H3,(H,15,16). The Balaban J connectivity index is 2.63. The van der Waals surface area contributed by atoms with E-state index >= 15 is 0 Å². The number of rotatable bonds is 5. The normalized spacial score (nSPS) is 11.2. The van der Waals surface area contributed by atoms with Crippen molar-refractivity contribution in [3.8, 4) is 0 Å². The fourth-order valence-corrected chi connectivity index (χ4v) is 1.46. The van der Waals surface area contributed by atoms with Crippen LogP contribution in [0.3, 0.4) is 0 Å².